The van der Waals surface area contributed by atoms with Crippen molar-refractivity contribution in [2.75, 3.05) is 46.4 Å². The molecule has 0 spiro atoms. The van der Waals surface area contributed by atoms with E-state index in [9.17, 15) is 18.0 Å². The Bertz CT molecular complexity index is 1600. The van der Waals surface area contributed by atoms with Gasteiger partial charge in [-0.25, -0.2) is 8.42 Å². The number of ether oxygens (including phenoxy) is 5. The zero-order valence-electron chi connectivity index (χ0n) is 27.5. The number of sulfonamides is 1. The van der Waals surface area contributed by atoms with Crippen molar-refractivity contribution in [2.24, 2.45) is 0 Å². The van der Waals surface area contributed by atoms with Crippen molar-refractivity contribution in [3.05, 3.63) is 66.2 Å². The minimum atomic E-state index is -4.45. The van der Waals surface area contributed by atoms with Gasteiger partial charge < -0.3 is 33.9 Å². The lowest BCUT2D eigenvalue weighted by atomic mass is 10.1. The Hall–Kier alpha value is -4.65. The monoisotopic (exact) mass is 657 g/mol. The molecular formula is C33H43N3O9S. The van der Waals surface area contributed by atoms with Gasteiger partial charge in [-0.1, -0.05) is 19.1 Å². The summed E-state index contributed by atoms with van der Waals surface area (Å²) in [6.07, 6.45) is 0.692. The molecule has 0 unspecified atom stereocenters. The number of rotatable bonds is 16. The summed E-state index contributed by atoms with van der Waals surface area (Å²) < 4.78 is 56.6. The number of benzene rings is 3. The second kappa shape index (κ2) is 16.1. The van der Waals surface area contributed by atoms with Crippen LogP contribution in [0.2, 0.25) is 0 Å². The van der Waals surface area contributed by atoms with E-state index in [4.69, 9.17) is 23.7 Å². The lowest BCUT2D eigenvalue weighted by Crippen LogP contribution is -2.52. The van der Waals surface area contributed by atoms with Gasteiger partial charge in [-0.2, -0.15) is 0 Å². The van der Waals surface area contributed by atoms with E-state index in [1.165, 1.54) is 57.6 Å². The Morgan fingerprint density at radius 2 is 1.35 bits per heavy atom. The molecule has 0 aromatic heterocycles. The predicted molar refractivity (Wildman–Crippen MR) is 175 cm³/mol. The average molecular weight is 658 g/mol. The smallest absolute Gasteiger partial charge is 0.265 e. The maximum Gasteiger partial charge on any atom is 0.265 e. The Labute approximate surface area is 271 Å². The fourth-order valence-corrected chi connectivity index (χ4v) is 6.02. The Morgan fingerprint density at radius 1 is 0.761 bits per heavy atom. The van der Waals surface area contributed by atoms with Gasteiger partial charge in [-0.3, -0.25) is 13.9 Å². The third-order valence-electron chi connectivity index (χ3n) is 7.56. The van der Waals surface area contributed by atoms with Gasteiger partial charge in [-0.15, -0.1) is 0 Å². The van der Waals surface area contributed by atoms with Crippen molar-refractivity contribution in [1.82, 2.24) is 10.2 Å². The molecule has 0 saturated carbocycles. The molecule has 1 N–H and O–H groups in total. The largest absolute Gasteiger partial charge is 0.497 e. The third-order valence-corrected chi connectivity index (χ3v) is 9.31. The summed E-state index contributed by atoms with van der Waals surface area (Å²) in [5, 5.41) is 2.92. The summed E-state index contributed by atoms with van der Waals surface area (Å²) in [4.78, 5) is 28.8. The first-order valence-electron chi connectivity index (χ1n) is 14.6. The molecule has 3 rings (SSSR count). The third kappa shape index (κ3) is 8.33. The van der Waals surface area contributed by atoms with E-state index in [1.807, 2.05) is 13.8 Å². The van der Waals surface area contributed by atoms with Crippen LogP contribution in [0.4, 0.5) is 5.69 Å². The number of carbonyl (C=O) groups excluding carboxylic acids is 2. The summed E-state index contributed by atoms with van der Waals surface area (Å²) in [5.41, 5.74) is 0.775. The first kappa shape index (κ1) is 35.8. The predicted octanol–water partition coefficient (Wildman–Crippen LogP) is 4.26. The zero-order chi connectivity index (χ0) is 34.0. The molecule has 3 aromatic rings. The molecule has 0 bridgehead atoms. The quantitative estimate of drug-likeness (QED) is 0.240. The van der Waals surface area contributed by atoms with Crippen LogP contribution in [0.25, 0.3) is 0 Å². The number of anilines is 1. The van der Waals surface area contributed by atoms with Crippen LogP contribution in [0.3, 0.4) is 0 Å². The molecule has 46 heavy (non-hydrogen) atoms. The average Bonchev–Trinajstić information content (AvgIpc) is 3.08. The van der Waals surface area contributed by atoms with Crippen molar-refractivity contribution < 1.29 is 41.7 Å². The molecule has 0 aliphatic heterocycles. The van der Waals surface area contributed by atoms with Crippen LogP contribution < -0.4 is 33.3 Å². The van der Waals surface area contributed by atoms with E-state index in [2.05, 4.69) is 5.32 Å². The maximum absolute atomic E-state index is 14.4. The molecule has 250 valence electrons. The van der Waals surface area contributed by atoms with Gasteiger partial charge in [0.2, 0.25) is 11.8 Å². The lowest BCUT2D eigenvalue weighted by Gasteiger charge is -2.33. The highest BCUT2D eigenvalue weighted by Gasteiger charge is 2.35. The Morgan fingerprint density at radius 3 is 1.91 bits per heavy atom. The van der Waals surface area contributed by atoms with Crippen molar-refractivity contribution in [3.8, 4) is 28.7 Å². The van der Waals surface area contributed by atoms with E-state index >= 15 is 0 Å². The molecule has 0 aliphatic carbocycles. The van der Waals surface area contributed by atoms with Gasteiger partial charge in [-0.05, 0) is 62.2 Å². The molecule has 2 amide bonds. The fourth-order valence-electron chi connectivity index (χ4n) is 4.59. The number of hydrogen-bond donors (Lipinski definition) is 1. The number of carbonyl (C=O) groups is 2. The highest BCUT2D eigenvalue weighted by molar-refractivity contribution is 7.92. The molecule has 3 aromatic carbocycles. The summed E-state index contributed by atoms with van der Waals surface area (Å²) in [6, 6.07) is 14.8. The molecule has 12 nitrogen and oxygen atoms in total. The minimum absolute atomic E-state index is 0.0252. The SMILES string of the molecule is CC[C@@H](C)NC(=O)[C@H](C)N(Cc1ccc(OC)cc1)C(=O)CN(c1cc(OC)ccc1OC)S(=O)(=O)c1ccc(OC)c(OC)c1. The lowest BCUT2D eigenvalue weighted by molar-refractivity contribution is -0.139. The van der Waals surface area contributed by atoms with Crippen molar-refractivity contribution in [3.63, 3.8) is 0 Å². The molecule has 13 heteroatoms. The summed E-state index contributed by atoms with van der Waals surface area (Å²) in [5.74, 6) is 0.662. The van der Waals surface area contributed by atoms with Gasteiger partial charge >= 0.3 is 0 Å². The van der Waals surface area contributed by atoms with Crippen LogP contribution in [0, 0.1) is 0 Å². The molecule has 2 atom stereocenters. The van der Waals surface area contributed by atoms with Crippen LogP contribution in [-0.2, 0) is 26.2 Å². The molecule has 0 radical (unpaired) electrons. The van der Waals surface area contributed by atoms with E-state index in [-0.39, 0.29) is 40.6 Å². The van der Waals surface area contributed by atoms with Gasteiger partial charge in [0.15, 0.2) is 11.5 Å². The Kier molecular flexibility index (Phi) is 12.5. The highest BCUT2D eigenvalue weighted by Crippen LogP contribution is 2.37. The van der Waals surface area contributed by atoms with Gasteiger partial charge in [0.1, 0.15) is 29.8 Å². The summed E-state index contributed by atoms with van der Waals surface area (Å²) in [6.45, 7) is 4.77. The van der Waals surface area contributed by atoms with Gasteiger partial charge in [0, 0.05) is 24.7 Å². The molecule has 0 fully saturated rings. The molecular weight excluding hydrogens is 614 g/mol. The number of nitrogens with one attached hydrogen (secondary N) is 1. The zero-order valence-corrected chi connectivity index (χ0v) is 28.3. The second-order valence-corrected chi connectivity index (χ2v) is 12.3. The summed E-state index contributed by atoms with van der Waals surface area (Å²) >= 11 is 0. The van der Waals surface area contributed by atoms with E-state index in [0.717, 1.165) is 4.31 Å². The highest BCUT2D eigenvalue weighted by atomic mass is 32.2. The number of amides is 2. The fraction of sp³-hybridized carbons (Fsp3) is 0.394. The van der Waals surface area contributed by atoms with E-state index in [0.29, 0.717) is 29.2 Å². The van der Waals surface area contributed by atoms with E-state index in [1.54, 1.807) is 50.4 Å². The second-order valence-electron chi connectivity index (χ2n) is 10.4. The van der Waals surface area contributed by atoms with Crippen molar-refractivity contribution in [1.29, 1.82) is 0 Å². The number of hydrogen-bond acceptors (Lipinski definition) is 9. The standard InChI is InChI=1S/C33H43N3O9S/c1-9-22(2)34-33(38)23(3)35(20-24-10-12-25(41-4)13-11-24)32(37)21-36(28-18-26(42-5)14-16-29(28)43-6)46(39,40)27-15-17-30(44-7)31(19-27)45-8/h10-19,22-23H,9,20-21H2,1-8H3,(H,34,38)/t22-,23+/m1/s1. The van der Waals surface area contributed by atoms with Gasteiger partial charge in [0.25, 0.3) is 10.0 Å². The molecule has 0 heterocycles. The Balaban J connectivity index is 2.16. The maximum atomic E-state index is 14.4. The van der Waals surface area contributed by atoms with Crippen LogP contribution >= 0.6 is 0 Å². The normalized spacial score (nSPS) is 12.3. The first-order chi connectivity index (χ1) is 21.9. The van der Waals surface area contributed by atoms with Gasteiger partial charge in [0.05, 0.1) is 46.1 Å². The molecule has 0 aliphatic rings. The minimum Gasteiger partial charge on any atom is -0.497 e. The first-order valence-corrected chi connectivity index (χ1v) is 16.1. The number of methoxy groups -OCH3 is 5. The topological polar surface area (TPSA) is 133 Å². The van der Waals surface area contributed by atoms with Crippen LogP contribution in [0.5, 0.6) is 28.7 Å². The van der Waals surface area contributed by atoms with Crippen molar-refractivity contribution in [2.45, 2.75) is 50.7 Å². The van der Waals surface area contributed by atoms with Crippen LogP contribution in [0.1, 0.15) is 32.8 Å². The number of nitrogens with zero attached hydrogens (tertiary/aromatic N) is 2. The molecule has 0 saturated heterocycles. The summed E-state index contributed by atoms with van der Waals surface area (Å²) in [7, 11) is 2.77. The van der Waals surface area contributed by atoms with Crippen LogP contribution in [0.15, 0.2) is 65.6 Å². The van der Waals surface area contributed by atoms with E-state index < -0.39 is 28.5 Å². The van der Waals surface area contributed by atoms with Crippen molar-refractivity contribution >= 4 is 27.5 Å². The van der Waals surface area contributed by atoms with Crippen LogP contribution in [-0.4, -0.2) is 79.3 Å².